The third-order valence-corrected chi connectivity index (χ3v) is 3.86. The first-order valence-electron chi connectivity index (χ1n) is 6.89. The summed E-state index contributed by atoms with van der Waals surface area (Å²) in [6, 6.07) is 23.7. The molecule has 0 saturated carbocycles. The lowest BCUT2D eigenvalue weighted by atomic mass is 9.94. The monoisotopic (exact) mass is 255 g/mol. The van der Waals surface area contributed by atoms with E-state index in [0.717, 1.165) is 0 Å². The van der Waals surface area contributed by atoms with Crippen LogP contribution < -0.4 is 5.46 Å². The fourth-order valence-electron chi connectivity index (χ4n) is 2.82. The highest BCUT2D eigenvalue weighted by atomic mass is 14.7. The molecule has 0 unspecified atom stereocenters. The first-order chi connectivity index (χ1) is 9.81. The van der Waals surface area contributed by atoms with Crippen molar-refractivity contribution < 1.29 is 0 Å². The van der Waals surface area contributed by atoms with Crippen molar-refractivity contribution in [1.29, 1.82) is 0 Å². The Kier molecular flexibility index (Phi) is 2.43. The molecule has 0 aliphatic heterocycles. The molecule has 0 atom stereocenters. The van der Waals surface area contributed by atoms with E-state index in [0.29, 0.717) is 0 Å². The van der Waals surface area contributed by atoms with E-state index in [2.05, 4.69) is 79.6 Å². The fourth-order valence-corrected chi connectivity index (χ4v) is 2.82. The highest BCUT2D eigenvalue weighted by Gasteiger charge is 2.06. The van der Waals surface area contributed by atoms with E-state index in [1.165, 1.54) is 38.4 Å². The van der Waals surface area contributed by atoms with Gasteiger partial charge in [0.1, 0.15) is 7.85 Å². The van der Waals surface area contributed by atoms with E-state index in [4.69, 9.17) is 0 Å². The van der Waals surface area contributed by atoms with Crippen LogP contribution in [0.2, 0.25) is 0 Å². The molecule has 0 bridgehead atoms. The highest BCUT2D eigenvalue weighted by molar-refractivity contribution is 6.33. The highest BCUT2D eigenvalue weighted by Crippen LogP contribution is 2.29. The molecule has 0 saturated heterocycles. The Balaban J connectivity index is 2.03. The largest absolute Gasteiger partial charge is 0.355 e. The Labute approximate surface area is 118 Å². The Morgan fingerprint density at radius 2 is 1.35 bits per heavy atom. The summed E-state index contributed by atoms with van der Waals surface area (Å²) in [6.07, 6.45) is 0. The van der Waals surface area contributed by atoms with Crippen molar-refractivity contribution in [2.75, 3.05) is 0 Å². The minimum absolute atomic E-state index is 1.20. The van der Waals surface area contributed by atoms with Crippen LogP contribution in [-0.4, -0.2) is 12.8 Å². The van der Waals surface area contributed by atoms with Crippen LogP contribution in [0.15, 0.2) is 66.7 Å². The third kappa shape index (κ3) is 1.73. The lowest BCUT2D eigenvalue weighted by Gasteiger charge is -2.02. The zero-order valence-corrected chi connectivity index (χ0v) is 11.4. The molecule has 1 heterocycles. The molecule has 1 N–H and O–H groups in total. The zero-order chi connectivity index (χ0) is 13.5. The molecule has 4 rings (SSSR count). The van der Waals surface area contributed by atoms with Crippen molar-refractivity contribution in [3.8, 4) is 11.1 Å². The maximum atomic E-state index is 3.48. The molecule has 3 aromatic carbocycles. The maximum Gasteiger partial charge on any atom is 0.139 e. The van der Waals surface area contributed by atoms with Crippen molar-refractivity contribution >= 4 is 35.1 Å². The summed E-state index contributed by atoms with van der Waals surface area (Å²) in [5.41, 5.74) is 6.22. The standard InChI is InChI=1S/C18H14BN/c19-14-7-9-18-16(11-14)15-10-13(6-8-17(15)20-18)12-4-2-1-3-5-12/h1-11,20H,19H2. The first kappa shape index (κ1) is 11.4. The summed E-state index contributed by atoms with van der Waals surface area (Å²) in [5.74, 6) is 0. The SMILES string of the molecule is Bc1ccc2[nH]c3ccc(-c4ccccc4)cc3c2c1. The Bertz CT molecular complexity index is 907. The molecule has 1 nitrogen and oxygen atoms in total. The quantitative estimate of drug-likeness (QED) is 0.502. The summed E-state index contributed by atoms with van der Waals surface area (Å²) < 4.78 is 0. The van der Waals surface area contributed by atoms with Crippen LogP contribution in [0.4, 0.5) is 0 Å². The summed E-state index contributed by atoms with van der Waals surface area (Å²) in [7, 11) is 2.14. The second-order valence-corrected chi connectivity index (χ2v) is 5.30. The van der Waals surface area contributed by atoms with Crippen molar-refractivity contribution in [2.24, 2.45) is 0 Å². The maximum absolute atomic E-state index is 3.48. The third-order valence-electron chi connectivity index (χ3n) is 3.86. The van der Waals surface area contributed by atoms with Crippen LogP contribution >= 0.6 is 0 Å². The predicted octanol–water partition coefficient (Wildman–Crippen LogP) is 3.25. The van der Waals surface area contributed by atoms with Gasteiger partial charge in [0, 0.05) is 21.8 Å². The summed E-state index contributed by atoms with van der Waals surface area (Å²) in [6.45, 7) is 0. The number of hydrogen-bond acceptors (Lipinski definition) is 0. The normalized spacial score (nSPS) is 11.2. The fraction of sp³-hybridized carbons (Fsp3) is 0. The molecule has 0 amide bonds. The number of rotatable bonds is 1. The van der Waals surface area contributed by atoms with Crippen molar-refractivity contribution in [2.45, 2.75) is 0 Å². The second-order valence-electron chi connectivity index (χ2n) is 5.30. The van der Waals surface area contributed by atoms with Crippen LogP contribution in [0.5, 0.6) is 0 Å². The Morgan fingerprint density at radius 3 is 2.15 bits per heavy atom. The molecule has 0 aliphatic rings. The average Bonchev–Trinajstić information content (AvgIpc) is 2.85. The van der Waals surface area contributed by atoms with E-state index in [1.54, 1.807) is 0 Å². The Morgan fingerprint density at radius 1 is 0.650 bits per heavy atom. The summed E-state index contributed by atoms with van der Waals surface area (Å²) in [5, 5.41) is 2.60. The van der Waals surface area contributed by atoms with Gasteiger partial charge in [-0.05, 0) is 29.3 Å². The minimum atomic E-state index is 1.20. The van der Waals surface area contributed by atoms with Gasteiger partial charge >= 0.3 is 0 Å². The van der Waals surface area contributed by atoms with E-state index >= 15 is 0 Å². The van der Waals surface area contributed by atoms with Gasteiger partial charge in [0.2, 0.25) is 0 Å². The molecule has 0 fully saturated rings. The number of nitrogens with one attached hydrogen (secondary N) is 1. The molecule has 0 spiro atoms. The summed E-state index contributed by atoms with van der Waals surface area (Å²) in [4.78, 5) is 3.48. The van der Waals surface area contributed by atoms with E-state index in [9.17, 15) is 0 Å². The number of hydrogen-bond donors (Lipinski definition) is 1. The minimum Gasteiger partial charge on any atom is -0.355 e. The molecule has 0 aliphatic carbocycles. The van der Waals surface area contributed by atoms with Gasteiger partial charge in [-0.25, -0.2) is 0 Å². The molecule has 4 aromatic rings. The van der Waals surface area contributed by atoms with Gasteiger partial charge in [0.25, 0.3) is 0 Å². The average molecular weight is 255 g/mol. The van der Waals surface area contributed by atoms with Gasteiger partial charge in [-0.1, -0.05) is 54.0 Å². The first-order valence-corrected chi connectivity index (χ1v) is 6.89. The van der Waals surface area contributed by atoms with Crippen LogP contribution in [0.1, 0.15) is 0 Å². The van der Waals surface area contributed by atoms with Crippen molar-refractivity contribution in [1.82, 2.24) is 4.98 Å². The van der Waals surface area contributed by atoms with Crippen molar-refractivity contribution in [3.05, 3.63) is 66.7 Å². The van der Waals surface area contributed by atoms with Crippen LogP contribution in [0.25, 0.3) is 32.9 Å². The second kappa shape index (κ2) is 4.27. The molecule has 1 aromatic heterocycles. The molecular formula is C18H14BN. The van der Waals surface area contributed by atoms with Crippen molar-refractivity contribution in [3.63, 3.8) is 0 Å². The van der Waals surface area contributed by atoms with E-state index in [1.807, 2.05) is 0 Å². The molecule has 2 heteroatoms. The van der Waals surface area contributed by atoms with Gasteiger partial charge in [-0.3, -0.25) is 0 Å². The number of aromatic amines is 1. The van der Waals surface area contributed by atoms with Gasteiger partial charge in [-0.15, -0.1) is 0 Å². The van der Waals surface area contributed by atoms with Gasteiger partial charge < -0.3 is 4.98 Å². The predicted molar refractivity (Wildman–Crippen MR) is 89.4 cm³/mol. The number of fused-ring (bicyclic) bond motifs is 3. The molecule has 94 valence electrons. The molecule has 0 radical (unpaired) electrons. The lowest BCUT2D eigenvalue weighted by molar-refractivity contribution is 1.55. The number of benzene rings is 3. The number of aromatic nitrogens is 1. The molecular weight excluding hydrogens is 241 g/mol. The molecule has 20 heavy (non-hydrogen) atoms. The lowest BCUT2D eigenvalue weighted by Crippen LogP contribution is -1.98. The number of H-pyrrole nitrogens is 1. The summed E-state index contributed by atoms with van der Waals surface area (Å²) >= 11 is 0. The van der Waals surface area contributed by atoms with Crippen LogP contribution in [0.3, 0.4) is 0 Å². The van der Waals surface area contributed by atoms with Gasteiger partial charge in [0.15, 0.2) is 0 Å². The van der Waals surface area contributed by atoms with Crippen LogP contribution in [-0.2, 0) is 0 Å². The van der Waals surface area contributed by atoms with E-state index in [-0.39, 0.29) is 0 Å². The van der Waals surface area contributed by atoms with E-state index < -0.39 is 0 Å². The van der Waals surface area contributed by atoms with Crippen LogP contribution in [0, 0.1) is 0 Å². The topological polar surface area (TPSA) is 15.8 Å². The Hall–Kier alpha value is -2.48. The smallest absolute Gasteiger partial charge is 0.139 e. The van der Waals surface area contributed by atoms with Gasteiger partial charge in [0.05, 0.1) is 0 Å². The zero-order valence-electron chi connectivity index (χ0n) is 11.4. The van der Waals surface area contributed by atoms with Gasteiger partial charge in [-0.2, -0.15) is 0 Å².